The fourth-order valence-electron chi connectivity index (χ4n) is 1.27. The predicted octanol–water partition coefficient (Wildman–Crippen LogP) is 1.73. The second kappa shape index (κ2) is 4.70. The van der Waals surface area contributed by atoms with Crippen molar-refractivity contribution in [1.82, 2.24) is 25.1 Å². The average molecular weight is 270 g/mol. The van der Waals surface area contributed by atoms with Crippen molar-refractivity contribution in [3.63, 3.8) is 0 Å². The highest BCUT2D eigenvalue weighted by molar-refractivity contribution is 6.28. The van der Waals surface area contributed by atoms with Gasteiger partial charge in [-0.05, 0) is 39.5 Å². The Bertz CT molecular complexity index is 551. The Balaban J connectivity index is 2.24. The Morgan fingerprint density at radius 1 is 1.39 bits per heavy atom. The van der Waals surface area contributed by atoms with Gasteiger partial charge in [-0.1, -0.05) is 0 Å². The zero-order chi connectivity index (χ0) is 13.3. The quantitative estimate of drug-likeness (QED) is 0.856. The van der Waals surface area contributed by atoms with E-state index in [9.17, 15) is 0 Å². The Hall–Kier alpha value is -1.40. The zero-order valence-electron chi connectivity index (χ0n) is 10.9. The highest BCUT2D eigenvalue weighted by Crippen LogP contribution is 2.23. The molecule has 0 saturated carbocycles. The summed E-state index contributed by atoms with van der Waals surface area (Å²) < 4.78 is 5.75. The summed E-state index contributed by atoms with van der Waals surface area (Å²) >= 11 is 5.83. The lowest BCUT2D eigenvalue weighted by Crippen LogP contribution is -2.43. The van der Waals surface area contributed by atoms with E-state index in [1.165, 1.54) is 0 Å². The molecule has 2 heterocycles. The number of hydrogen-bond acceptors (Lipinski definition) is 5. The lowest BCUT2D eigenvalue weighted by atomic mass is 10.1. The number of fused-ring (bicyclic) bond motifs is 1. The number of aromatic amines is 1. The summed E-state index contributed by atoms with van der Waals surface area (Å²) in [4.78, 5) is 10.2. The molecule has 0 aromatic carbocycles. The molecule has 0 radical (unpaired) electrons. The third-order valence-corrected chi connectivity index (χ3v) is 3.19. The van der Waals surface area contributed by atoms with Crippen LogP contribution in [0.5, 0.6) is 5.88 Å². The number of ether oxygens (including phenoxy) is 1. The lowest BCUT2D eigenvalue weighted by molar-refractivity contribution is 0.112. The minimum atomic E-state index is -0.104. The van der Waals surface area contributed by atoms with E-state index in [0.717, 1.165) is 5.39 Å². The average Bonchev–Trinajstić information content (AvgIpc) is 2.73. The van der Waals surface area contributed by atoms with Gasteiger partial charge >= 0.3 is 0 Å². The largest absolute Gasteiger partial charge is 0.475 e. The maximum absolute atomic E-state index is 5.83. The van der Waals surface area contributed by atoms with Crippen LogP contribution in [0.2, 0.25) is 5.28 Å². The monoisotopic (exact) mass is 269 g/mol. The van der Waals surface area contributed by atoms with Gasteiger partial charge in [0.1, 0.15) is 12.0 Å². The second-order valence-electron chi connectivity index (χ2n) is 4.93. The van der Waals surface area contributed by atoms with Gasteiger partial charge in [0.25, 0.3) is 0 Å². The molecule has 6 nitrogen and oxygen atoms in total. The first-order valence-electron chi connectivity index (χ1n) is 5.57. The van der Waals surface area contributed by atoms with Gasteiger partial charge in [0.15, 0.2) is 5.65 Å². The highest BCUT2D eigenvalue weighted by Gasteiger charge is 2.22. The van der Waals surface area contributed by atoms with Crippen LogP contribution < -0.4 is 4.74 Å². The molecule has 0 unspecified atom stereocenters. The molecule has 0 atom stereocenters. The number of aromatic nitrogens is 4. The minimum absolute atomic E-state index is 0.104. The summed E-state index contributed by atoms with van der Waals surface area (Å²) in [5.74, 6) is 0.452. The van der Waals surface area contributed by atoms with Crippen LogP contribution in [0.3, 0.4) is 0 Å². The molecular weight excluding hydrogens is 254 g/mol. The van der Waals surface area contributed by atoms with Gasteiger partial charge in [-0.15, -0.1) is 0 Å². The number of hydrogen-bond donors (Lipinski definition) is 1. The van der Waals surface area contributed by atoms with Gasteiger partial charge in [0.2, 0.25) is 11.2 Å². The van der Waals surface area contributed by atoms with Crippen molar-refractivity contribution >= 4 is 22.6 Å². The maximum atomic E-state index is 5.83. The smallest absolute Gasteiger partial charge is 0.229 e. The molecule has 7 heteroatoms. The van der Waals surface area contributed by atoms with E-state index in [0.29, 0.717) is 18.1 Å². The molecule has 0 fully saturated rings. The van der Waals surface area contributed by atoms with Crippen LogP contribution in [-0.4, -0.2) is 51.3 Å². The van der Waals surface area contributed by atoms with Crippen molar-refractivity contribution in [2.24, 2.45) is 0 Å². The molecule has 0 amide bonds. The van der Waals surface area contributed by atoms with E-state index in [2.05, 4.69) is 38.9 Å². The number of rotatable bonds is 4. The first-order chi connectivity index (χ1) is 8.40. The van der Waals surface area contributed by atoms with E-state index >= 15 is 0 Å². The van der Waals surface area contributed by atoms with Crippen LogP contribution in [0.4, 0.5) is 0 Å². The molecule has 2 aromatic rings. The molecule has 0 aliphatic carbocycles. The van der Waals surface area contributed by atoms with Crippen molar-refractivity contribution in [1.29, 1.82) is 0 Å². The number of nitrogens with zero attached hydrogens (tertiary/aromatic N) is 4. The standard InChI is InChI=1S/C11H16ClN5O/c1-11(2,17(3)4)6-18-9-7-5-13-16-8(7)14-10(12)15-9/h5H,6H2,1-4H3,(H,13,14,15,16). The first-order valence-corrected chi connectivity index (χ1v) is 5.95. The maximum Gasteiger partial charge on any atom is 0.229 e. The third kappa shape index (κ3) is 2.54. The van der Waals surface area contributed by atoms with Gasteiger partial charge in [0, 0.05) is 5.54 Å². The molecule has 2 rings (SSSR count). The van der Waals surface area contributed by atoms with Crippen LogP contribution >= 0.6 is 11.6 Å². The summed E-state index contributed by atoms with van der Waals surface area (Å²) in [6.07, 6.45) is 1.63. The summed E-state index contributed by atoms with van der Waals surface area (Å²) in [5.41, 5.74) is 0.473. The normalized spacial score (nSPS) is 12.3. The summed E-state index contributed by atoms with van der Waals surface area (Å²) in [7, 11) is 4.01. The number of likely N-dealkylation sites (N-methyl/N-ethyl adjacent to an activating group) is 1. The molecular formula is C11H16ClN5O. The molecule has 0 aliphatic rings. The van der Waals surface area contributed by atoms with Gasteiger partial charge < -0.3 is 9.64 Å². The van der Waals surface area contributed by atoms with Crippen molar-refractivity contribution in [3.8, 4) is 5.88 Å². The van der Waals surface area contributed by atoms with Crippen LogP contribution in [0.15, 0.2) is 6.20 Å². The molecule has 0 bridgehead atoms. The Labute approximate surface area is 110 Å². The molecule has 18 heavy (non-hydrogen) atoms. The fraction of sp³-hybridized carbons (Fsp3) is 0.545. The van der Waals surface area contributed by atoms with E-state index in [1.807, 2.05) is 14.1 Å². The second-order valence-corrected chi connectivity index (χ2v) is 5.26. The molecule has 0 saturated heterocycles. The lowest BCUT2D eigenvalue weighted by Gasteiger charge is -2.31. The molecule has 0 aliphatic heterocycles. The van der Waals surface area contributed by atoms with E-state index < -0.39 is 0 Å². The highest BCUT2D eigenvalue weighted by atomic mass is 35.5. The van der Waals surface area contributed by atoms with Crippen LogP contribution in [-0.2, 0) is 0 Å². The topological polar surface area (TPSA) is 66.9 Å². The van der Waals surface area contributed by atoms with Gasteiger partial charge in [0.05, 0.1) is 6.20 Å². The van der Waals surface area contributed by atoms with E-state index in [1.54, 1.807) is 6.20 Å². The summed E-state index contributed by atoms with van der Waals surface area (Å²) in [5, 5.41) is 7.52. The predicted molar refractivity (Wildman–Crippen MR) is 70.0 cm³/mol. The van der Waals surface area contributed by atoms with Crippen molar-refractivity contribution < 1.29 is 4.74 Å². The van der Waals surface area contributed by atoms with Gasteiger partial charge in [-0.3, -0.25) is 5.10 Å². The third-order valence-electron chi connectivity index (χ3n) is 3.02. The number of H-pyrrole nitrogens is 1. The number of halogens is 1. The summed E-state index contributed by atoms with van der Waals surface area (Å²) in [6.45, 7) is 4.67. The molecule has 0 spiro atoms. The molecule has 2 aromatic heterocycles. The fourth-order valence-corrected chi connectivity index (χ4v) is 1.43. The first kappa shape index (κ1) is 13.0. The Morgan fingerprint density at radius 3 is 2.78 bits per heavy atom. The Kier molecular flexibility index (Phi) is 3.41. The minimum Gasteiger partial charge on any atom is -0.475 e. The Morgan fingerprint density at radius 2 is 2.11 bits per heavy atom. The van der Waals surface area contributed by atoms with E-state index in [4.69, 9.17) is 16.3 Å². The molecule has 98 valence electrons. The van der Waals surface area contributed by atoms with Crippen molar-refractivity contribution in [3.05, 3.63) is 11.5 Å². The van der Waals surface area contributed by atoms with Crippen molar-refractivity contribution in [2.45, 2.75) is 19.4 Å². The van der Waals surface area contributed by atoms with Crippen LogP contribution in [0.1, 0.15) is 13.8 Å². The summed E-state index contributed by atoms with van der Waals surface area (Å²) in [6, 6.07) is 0. The zero-order valence-corrected chi connectivity index (χ0v) is 11.6. The van der Waals surface area contributed by atoms with E-state index in [-0.39, 0.29) is 10.8 Å². The van der Waals surface area contributed by atoms with Gasteiger partial charge in [-0.25, -0.2) is 0 Å². The number of nitrogens with one attached hydrogen (secondary N) is 1. The SMILES string of the molecule is CN(C)C(C)(C)COc1nc(Cl)nc2[nH]ncc12. The van der Waals surface area contributed by atoms with Gasteiger partial charge in [-0.2, -0.15) is 15.1 Å². The molecule has 1 N–H and O–H groups in total. The van der Waals surface area contributed by atoms with Crippen molar-refractivity contribution in [2.75, 3.05) is 20.7 Å². The van der Waals surface area contributed by atoms with Crippen LogP contribution in [0, 0.1) is 0 Å². The van der Waals surface area contributed by atoms with Crippen LogP contribution in [0.25, 0.3) is 11.0 Å².